The molecule has 0 heterocycles. The highest BCUT2D eigenvalue weighted by atomic mass is 16.3. The number of aliphatic hydroxyl groups excluding tert-OH is 2. The molecule has 1 atom stereocenters. The molecule has 0 radical (unpaired) electrons. The van der Waals surface area contributed by atoms with Crippen molar-refractivity contribution in [3.8, 4) is 0 Å². The van der Waals surface area contributed by atoms with Crippen LogP contribution in [0.15, 0.2) is 24.3 Å². The Morgan fingerprint density at radius 3 is 2.69 bits per heavy atom. The fraction of sp³-hybridized carbons (Fsp3) is 0.455. The van der Waals surface area contributed by atoms with Crippen molar-refractivity contribution in [2.45, 2.75) is 19.3 Å². The van der Waals surface area contributed by atoms with E-state index in [9.17, 15) is 0 Å². The summed E-state index contributed by atoms with van der Waals surface area (Å²) in [6.45, 7) is 2.33. The van der Waals surface area contributed by atoms with Crippen LogP contribution in [0.4, 0.5) is 0 Å². The molecule has 0 aliphatic carbocycles. The van der Waals surface area contributed by atoms with E-state index in [1.54, 1.807) is 0 Å². The second kappa shape index (κ2) is 5.00. The second-order valence-corrected chi connectivity index (χ2v) is 3.30. The number of hydrogen-bond donors (Lipinski definition) is 2. The standard InChI is InChI=1S/C11H16O2/c1-9(8-13)11-4-2-3-10(7-11)5-6-12/h2-4,7,9,12-13H,5-6,8H2,1H3. The van der Waals surface area contributed by atoms with Crippen LogP contribution in [0.2, 0.25) is 0 Å². The third-order valence-electron chi connectivity index (χ3n) is 2.19. The van der Waals surface area contributed by atoms with Gasteiger partial charge in [0.1, 0.15) is 0 Å². The zero-order valence-corrected chi connectivity index (χ0v) is 7.90. The number of hydrogen-bond acceptors (Lipinski definition) is 2. The normalized spacial score (nSPS) is 12.8. The maximum Gasteiger partial charge on any atom is 0.0497 e. The monoisotopic (exact) mass is 180 g/mol. The van der Waals surface area contributed by atoms with Gasteiger partial charge >= 0.3 is 0 Å². The minimum Gasteiger partial charge on any atom is -0.396 e. The van der Waals surface area contributed by atoms with Crippen LogP contribution in [-0.2, 0) is 6.42 Å². The molecule has 0 saturated heterocycles. The highest BCUT2D eigenvalue weighted by Crippen LogP contribution is 2.15. The van der Waals surface area contributed by atoms with E-state index < -0.39 is 0 Å². The van der Waals surface area contributed by atoms with E-state index in [1.165, 1.54) is 0 Å². The smallest absolute Gasteiger partial charge is 0.0497 e. The van der Waals surface area contributed by atoms with Crippen molar-refractivity contribution in [2.75, 3.05) is 13.2 Å². The van der Waals surface area contributed by atoms with Crippen LogP contribution in [-0.4, -0.2) is 23.4 Å². The molecule has 0 aliphatic rings. The van der Waals surface area contributed by atoms with Crippen LogP contribution in [0.5, 0.6) is 0 Å². The van der Waals surface area contributed by atoms with Gasteiger partial charge in [-0.15, -0.1) is 0 Å². The van der Waals surface area contributed by atoms with Crippen LogP contribution in [0.1, 0.15) is 24.0 Å². The van der Waals surface area contributed by atoms with Crippen molar-refractivity contribution < 1.29 is 10.2 Å². The number of rotatable bonds is 4. The Morgan fingerprint density at radius 2 is 2.08 bits per heavy atom. The van der Waals surface area contributed by atoms with Crippen molar-refractivity contribution in [1.29, 1.82) is 0 Å². The Kier molecular flexibility index (Phi) is 3.93. The van der Waals surface area contributed by atoms with Crippen LogP contribution in [0, 0.1) is 0 Å². The van der Waals surface area contributed by atoms with E-state index in [1.807, 2.05) is 31.2 Å². The Labute approximate surface area is 78.8 Å². The molecule has 0 saturated carbocycles. The van der Waals surface area contributed by atoms with E-state index in [4.69, 9.17) is 10.2 Å². The van der Waals surface area contributed by atoms with Gasteiger partial charge in [0.25, 0.3) is 0 Å². The molecule has 0 aliphatic heterocycles. The lowest BCUT2D eigenvalue weighted by molar-refractivity contribution is 0.273. The largest absolute Gasteiger partial charge is 0.396 e. The average Bonchev–Trinajstić information content (AvgIpc) is 2.18. The quantitative estimate of drug-likeness (QED) is 0.733. The molecule has 2 N–H and O–H groups in total. The minimum absolute atomic E-state index is 0.169. The van der Waals surface area contributed by atoms with E-state index in [0.717, 1.165) is 11.1 Å². The van der Waals surface area contributed by atoms with Gasteiger partial charge in [0.05, 0.1) is 0 Å². The molecule has 2 nitrogen and oxygen atoms in total. The van der Waals surface area contributed by atoms with Crippen molar-refractivity contribution in [3.63, 3.8) is 0 Å². The predicted molar refractivity (Wildman–Crippen MR) is 52.7 cm³/mol. The Bertz CT molecular complexity index is 258. The first-order valence-corrected chi connectivity index (χ1v) is 4.58. The summed E-state index contributed by atoms with van der Waals surface area (Å²) < 4.78 is 0. The molecule has 0 fully saturated rings. The molecule has 0 bridgehead atoms. The third kappa shape index (κ3) is 2.83. The fourth-order valence-corrected chi connectivity index (χ4v) is 1.29. The van der Waals surface area contributed by atoms with Gasteiger partial charge in [0, 0.05) is 19.1 Å². The summed E-state index contributed by atoms with van der Waals surface area (Å²) in [7, 11) is 0. The maximum absolute atomic E-state index is 8.96. The van der Waals surface area contributed by atoms with Gasteiger partial charge < -0.3 is 10.2 Å². The third-order valence-corrected chi connectivity index (χ3v) is 2.19. The molecular formula is C11H16O2. The predicted octanol–water partition coefficient (Wildman–Crippen LogP) is 1.32. The molecule has 0 amide bonds. The highest BCUT2D eigenvalue weighted by molar-refractivity contribution is 5.26. The lowest BCUT2D eigenvalue weighted by Gasteiger charge is -2.09. The molecule has 1 aromatic rings. The van der Waals surface area contributed by atoms with Crippen molar-refractivity contribution in [1.82, 2.24) is 0 Å². The van der Waals surface area contributed by atoms with Crippen molar-refractivity contribution in [3.05, 3.63) is 35.4 Å². The summed E-state index contributed by atoms with van der Waals surface area (Å²) in [4.78, 5) is 0. The van der Waals surface area contributed by atoms with Crippen LogP contribution in [0.25, 0.3) is 0 Å². The molecule has 2 heteroatoms. The topological polar surface area (TPSA) is 40.5 Å². The van der Waals surface area contributed by atoms with E-state index in [-0.39, 0.29) is 19.1 Å². The minimum atomic E-state index is 0.169. The summed E-state index contributed by atoms with van der Waals surface area (Å²) in [5.74, 6) is 0.179. The molecule has 0 aromatic heterocycles. The summed E-state index contributed by atoms with van der Waals surface area (Å²) in [5, 5.41) is 17.7. The first-order chi connectivity index (χ1) is 6.27. The van der Waals surface area contributed by atoms with Crippen molar-refractivity contribution >= 4 is 0 Å². The van der Waals surface area contributed by atoms with Crippen LogP contribution in [0.3, 0.4) is 0 Å². The van der Waals surface area contributed by atoms with E-state index in [2.05, 4.69) is 0 Å². The SMILES string of the molecule is CC(CO)c1cccc(CCO)c1. The van der Waals surface area contributed by atoms with Gasteiger partial charge in [0.15, 0.2) is 0 Å². The van der Waals surface area contributed by atoms with Gasteiger partial charge in [0.2, 0.25) is 0 Å². The average molecular weight is 180 g/mol. The number of benzene rings is 1. The zero-order chi connectivity index (χ0) is 9.68. The summed E-state index contributed by atoms with van der Waals surface area (Å²) in [6, 6.07) is 8.00. The fourth-order valence-electron chi connectivity index (χ4n) is 1.29. The van der Waals surface area contributed by atoms with Crippen LogP contribution < -0.4 is 0 Å². The van der Waals surface area contributed by atoms with Gasteiger partial charge in [-0.1, -0.05) is 31.2 Å². The lowest BCUT2D eigenvalue weighted by atomic mass is 9.99. The molecular weight excluding hydrogens is 164 g/mol. The summed E-state index contributed by atoms with van der Waals surface area (Å²) in [5.41, 5.74) is 2.26. The van der Waals surface area contributed by atoms with Gasteiger partial charge in [-0.05, 0) is 17.5 Å². The Balaban J connectivity index is 2.78. The maximum atomic E-state index is 8.96. The van der Waals surface area contributed by atoms with E-state index >= 15 is 0 Å². The molecule has 1 aromatic carbocycles. The molecule has 1 unspecified atom stereocenters. The lowest BCUT2D eigenvalue weighted by Crippen LogP contribution is -2.00. The second-order valence-electron chi connectivity index (χ2n) is 3.30. The summed E-state index contributed by atoms with van der Waals surface area (Å²) in [6.07, 6.45) is 0.686. The first-order valence-electron chi connectivity index (χ1n) is 4.58. The first kappa shape index (κ1) is 10.2. The molecule has 1 rings (SSSR count). The Morgan fingerprint density at radius 1 is 1.31 bits per heavy atom. The molecule has 13 heavy (non-hydrogen) atoms. The van der Waals surface area contributed by atoms with Crippen molar-refractivity contribution in [2.24, 2.45) is 0 Å². The highest BCUT2D eigenvalue weighted by Gasteiger charge is 2.03. The van der Waals surface area contributed by atoms with Gasteiger partial charge in [-0.2, -0.15) is 0 Å². The number of aliphatic hydroxyl groups is 2. The molecule has 0 spiro atoms. The van der Waals surface area contributed by atoms with Crippen LogP contribution >= 0.6 is 0 Å². The van der Waals surface area contributed by atoms with Gasteiger partial charge in [-0.3, -0.25) is 0 Å². The van der Waals surface area contributed by atoms with Gasteiger partial charge in [-0.25, -0.2) is 0 Å². The van der Waals surface area contributed by atoms with E-state index in [0.29, 0.717) is 6.42 Å². The summed E-state index contributed by atoms with van der Waals surface area (Å²) >= 11 is 0. The zero-order valence-electron chi connectivity index (χ0n) is 7.90. The molecule has 72 valence electrons. The Hall–Kier alpha value is -0.860.